The van der Waals surface area contributed by atoms with Gasteiger partial charge in [0.2, 0.25) is 0 Å². The van der Waals surface area contributed by atoms with Gasteiger partial charge in [0, 0.05) is 0 Å². The minimum atomic E-state index is -1.42. The molecule has 0 aliphatic carbocycles. The fourth-order valence-electron chi connectivity index (χ4n) is 0.260. The van der Waals surface area contributed by atoms with Crippen LogP contribution in [0.5, 0.6) is 0 Å². The molecule has 9 heavy (non-hydrogen) atoms. The molecule has 5 heteroatoms. The van der Waals surface area contributed by atoms with Gasteiger partial charge in [-0.15, -0.1) is 11.6 Å². The minimum Gasteiger partial charge on any atom is -0.450 e. The highest BCUT2D eigenvalue weighted by atomic mass is 35.5. The first-order valence-corrected chi connectivity index (χ1v) is 2.80. The normalized spacial score (nSPS) is 12.7. The molecule has 2 N–H and O–H groups in total. The van der Waals surface area contributed by atoms with Crippen molar-refractivity contribution in [1.82, 2.24) is 0 Å². The second kappa shape index (κ2) is 4.40. The molecule has 4 nitrogen and oxygen atoms in total. The van der Waals surface area contributed by atoms with Gasteiger partial charge in [-0.1, -0.05) is 0 Å². The van der Waals surface area contributed by atoms with Crippen LogP contribution in [0.1, 0.15) is 0 Å². The number of aliphatic hydroxyl groups excluding tert-OH is 1. The van der Waals surface area contributed by atoms with Crippen LogP contribution in [-0.4, -0.2) is 35.0 Å². The molecule has 0 aromatic rings. The predicted molar refractivity (Wildman–Crippen MR) is 30.7 cm³/mol. The zero-order chi connectivity index (χ0) is 7.28. The Morgan fingerprint density at radius 2 is 2.33 bits per heavy atom. The number of aliphatic hydroxyl groups is 1. The monoisotopic (exact) mass is 154 g/mol. The van der Waals surface area contributed by atoms with Crippen LogP contribution in [0.2, 0.25) is 0 Å². The van der Waals surface area contributed by atoms with E-state index in [9.17, 15) is 4.79 Å². The third-order valence-corrected chi connectivity index (χ3v) is 0.987. The fourth-order valence-corrected chi connectivity index (χ4v) is 0.421. The van der Waals surface area contributed by atoms with Crippen molar-refractivity contribution in [1.29, 1.82) is 0 Å². The van der Waals surface area contributed by atoms with Gasteiger partial charge in [-0.3, -0.25) is 0 Å². The lowest BCUT2D eigenvalue weighted by molar-refractivity contribution is 0.0342. The Bertz CT molecular complexity index is 90.6. The molecule has 1 unspecified atom stereocenters. The van der Waals surface area contributed by atoms with E-state index >= 15 is 0 Å². The maximum atomic E-state index is 9.74. The third-order valence-electron chi connectivity index (χ3n) is 0.643. The van der Waals surface area contributed by atoms with E-state index in [4.69, 9.17) is 21.8 Å². The van der Waals surface area contributed by atoms with E-state index in [0.717, 1.165) is 0 Å². The van der Waals surface area contributed by atoms with Gasteiger partial charge in [-0.2, -0.15) is 0 Å². The van der Waals surface area contributed by atoms with Crippen LogP contribution in [0.15, 0.2) is 0 Å². The van der Waals surface area contributed by atoms with Crippen molar-refractivity contribution in [3.05, 3.63) is 0 Å². The largest absolute Gasteiger partial charge is 0.506 e. The van der Waals surface area contributed by atoms with Crippen molar-refractivity contribution in [2.75, 3.05) is 12.5 Å². The van der Waals surface area contributed by atoms with Crippen LogP contribution in [0, 0.1) is 0 Å². The SMILES string of the molecule is O=C(O)OC(CO)CCl. The Morgan fingerprint density at radius 3 is 2.44 bits per heavy atom. The molecular formula is C4H7ClO4. The molecule has 0 radical (unpaired) electrons. The fraction of sp³-hybridized carbons (Fsp3) is 0.750. The maximum absolute atomic E-state index is 9.74. The van der Waals surface area contributed by atoms with Crippen molar-refractivity contribution in [2.45, 2.75) is 6.10 Å². The second-order valence-corrected chi connectivity index (χ2v) is 1.65. The molecular weight excluding hydrogens is 147 g/mol. The molecule has 0 amide bonds. The van der Waals surface area contributed by atoms with Gasteiger partial charge in [0.15, 0.2) is 0 Å². The molecule has 0 aromatic heterocycles. The molecule has 0 fully saturated rings. The van der Waals surface area contributed by atoms with Gasteiger partial charge < -0.3 is 14.9 Å². The molecule has 0 bridgehead atoms. The number of carbonyl (C=O) groups is 1. The molecule has 0 saturated carbocycles. The minimum absolute atomic E-state index is 0.0250. The lowest BCUT2D eigenvalue weighted by atomic mass is 10.4. The number of hydrogen-bond acceptors (Lipinski definition) is 3. The van der Waals surface area contributed by atoms with Crippen molar-refractivity contribution in [2.24, 2.45) is 0 Å². The first-order chi connectivity index (χ1) is 4.20. The summed E-state index contributed by atoms with van der Waals surface area (Å²) in [4.78, 5) is 9.74. The van der Waals surface area contributed by atoms with Gasteiger partial charge >= 0.3 is 6.16 Å². The van der Waals surface area contributed by atoms with Gasteiger partial charge in [0.1, 0.15) is 6.10 Å². The highest BCUT2D eigenvalue weighted by Crippen LogP contribution is 1.93. The number of hydrogen-bond donors (Lipinski definition) is 2. The lowest BCUT2D eigenvalue weighted by Crippen LogP contribution is -2.22. The van der Waals surface area contributed by atoms with Gasteiger partial charge in [0.05, 0.1) is 12.5 Å². The van der Waals surface area contributed by atoms with Crippen molar-refractivity contribution in [3.63, 3.8) is 0 Å². The summed E-state index contributed by atoms with van der Waals surface area (Å²) in [7, 11) is 0. The van der Waals surface area contributed by atoms with Crippen LogP contribution in [0.3, 0.4) is 0 Å². The van der Waals surface area contributed by atoms with E-state index in [1.807, 2.05) is 0 Å². The number of alkyl halides is 1. The third kappa shape index (κ3) is 4.05. The quantitative estimate of drug-likeness (QED) is 0.453. The van der Waals surface area contributed by atoms with Crippen molar-refractivity contribution < 1.29 is 19.7 Å². The molecule has 0 spiro atoms. The van der Waals surface area contributed by atoms with Crippen molar-refractivity contribution in [3.8, 4) is 0 Å². The molecule has 0 aromatic carbocycles. The average molecular weight is 155 g/mol. The summed E-state index contributed by atoms with van der Waals surface area (Å²) in [5.74, 6) is -0.0250. The van der Waals surface area contributed by atoms with Crippen LogP contribution in [-0.2, 0) is 4.74 Å². The Balaban J connectivity index is 3.43. The van der Waals surface area contributed by atoms with Crippen LogP contribution >= 0.6 is 11.6 Å². The molecule has 54 valence electrons. The second-order valence-electron chi connectivity index (χ2n) is 1.34. The van der Waals surface area contributed by atoms with Crippen molar-refractivity contribution >= 4 is 17.8 Å². The smallest absolute Gasteiger partial charge is 0.450 e. The standard InChI is InChI=1S/C4H7ClO4/c5-1-3(2-6)9-4(7)8/h3,6H,1-2H2,(H,7,8). The van der Waals surface area contributed by atoms with E-state index in [2.05, 4.69) is 4.74 Å². The average Bonchev–Trinajstić information content (AvgIpc) is 1.82. The van der Waals surface area contributed by atoms with Gasteiger partial charge in [0.25, 0.3) is 0 Å². The summed E-state index contributed by atoms with van der Waals surface area (Å²) in [5, 5.41) is 16.3. The summed E-state index contributed by atoms with van der Waals surface area (Å²) in [6, 6.07) is 0. The predicted octanol–water partition coefficient (Wildman–Crippen LogP) is 0.281. The maximum Gasteiger partial charge on any atom is 0.506 e. The van der Waals surface area contributed by atoms with E-state index in [0.29, 0.717) is 0 Å². The molecule has 0 aliphatic rings. The van der Waals surface area contributed by atoms with Crippen LogP contribution in [0.25, 0.3) is 0 Å². The summed E-state index contributed by atoms with van der Waals surface area (Å²) < 4.78 is 4.08. The van der Waals surface area contributed by atoms with E-state index < -0.39 is 12.3 Å². The first kappa shape index (κ1) is 8.52. The molecule has 0 rings (SSSR count). The summed E-state index contributed by atoms with van der Waals surface area (Å²) in [5.41, 5.74) is 0. The number of ether oxygens (including phenoxy) is 1. The highest BCUT2D eigenvalue weighted by molar-refractivity contribution is 6.18. The first-order valence-electron chi connectivity index (χ1n) is 2.27. The Morgan fingerprint density at radius 1 is 1.78 bits per heavy atom. The molecule has 0 heterocycles. The van der Waals surface area contributed by atoms with Gasteiger partial charge in [-0.05, 0) is 0 Å². The van der Waals surface area contributed by atoms with E-state index in [1.165, 1.54) is 0 Å². The molecule has 0 aliphatic heterocycles. The zero-order valence-corrected chi connectivity index (χ0v) is 5.34. The van der Waals surface area contributed by atoms with Crippen LogP contribution in [0.4, 0.5) is 4.79 Å². The Kier molecular flexibility index (Phi) is 4.17. The van der Waals surface area contributed by atoms with E-state index in [1.54, 1.807) is 0 Å². The zero-order valence-electron chi connectivity index (χ0n) is 4.58. The highest BCUT2D eigenvalue weighted by Gasteiger charge is 2.09. The lowest BCUT2D eigenvalue weighted by Gasteiger charge is -2.07. The topological polar surface area (TPSA) is 66.8 Å². The molecule has 0 saturated heterocycles. The van der Waals surface area contributed by atoms with E-state index in [-0.39, 0.29) is 12.5 Å². The number of carboxylic acid groups (broad SMARTS) is 1. The summed E-state index contributed by atoms with van der Waals surface area (Å²) in [6.45, 7) is -0.379. The molecule has 1 atom stereocenters. The number of rotatable bonds is 3. The Labute approximate surface area is 57.0 Å². The summed E-state index contributed by atoms with van der Waals surface area (Å²) >= 11 is 5.16. The van der Waals surface area contributed by atoms with Crippen LogP contribution < -0.4 is 0 Å². The summed E-state index contributed by atoms with van der Waals surface area (Å²) in [6.07, 6.45) is -2.22. The number of halogens is 1. The Hall–Kier alpha value is -0.480. The van der Waals surface area contributed by atoms with Gasteiger partial charge in [-0.25, -0.2) is 4.79 Å².